The van der Waals surface area contributed by atoms with E-state index in [9.17, 15) is 5.11 Å². The highest BCUT2D eigenvalue weighted by molar-refractivity contribution is 5.16. The quantitative estimate of drug-likeness (QED) is 0.779. The summed E-state index contributed by atoms with van der Waals surface area (Å²) in [6.07, 6.45) is 7.83. The predicted octanol–water partition coefficient (Wildman–Crippen LogP) is 1.12. The number of fused-ring (bicyclic) bond motifs is 1. The first-order valence-corrected chi connectivity index (χ1v) is 6.72. The van der Waals surface area contributed by atoms with Crippen molar-refractivity contribution in [1.82, 2.24) is 14.9 Å². The van der Waals surface area contributed by atoms with E-state index in [1.54, 1.807) is 0 Å². The van der Waals surface area contributed by atoms with Crippen molar-refractivity contribution in [2.24, 2.45) is 0 Å². The number of aliphatic hydroxyl groups excluding tert-OH is 1. The van der Waals surface area contributed by atoms with E-state index in [4.69, 9.17) is 0 Å². The van der Waals surface area contributed by atoms with E-state index in [1.807, 2.05) is 6.33 Å². The van der Waals surface area contributed by atoms with Gasteiger partial charge in [0.05, 0.1) is 18.6 Å². The van der Waals surface area contributed by atoms with Gasteiger partial charge in [0.15, 0.2) is 0 Å². The van der Waals surface area contributed by atoms with E-state index in [0.29, 0.717) is 0 Å². The third-order valence-electron chi connectivity index (χ3n) is 3.43. The van der Waals surface area contributed by atoms with E-state index >= 15 is 0 Å². The lowest BCUT2D eigenvalue weighted by Gasteiger charge is -2.19. The number of imidazole rings is 1. The van der Waals surface area contributed by atoms with Gasteiger partial charge in [-0.2, -0.15) is 0 Å². The summed E-state index contributed by atoms with van der Waals surface area (Å²) in [5.41, 5.74) is 2.65. The maximum atomic E-state index is 9.36. The zero-order chi connectivity index (χ0) is 12.1. The number of aromatic nitrogens is 2. The normalized spacial score (nSPS) is 16.8. The molecule has 1 atom stereocenters. The lowest BCUT2D eigenvalue weighted by molar-refractivity contribution is 0.228. The Morgan fingerprint density at radius 3 is 3.06 bits per heavy atom. The molecule has 0 aliphatic heterocycles. The molecule has 0 bridgehead atoms. The van der Waals surface area contributed by atoms with Gasteiger partial charge in [-0.15, -0.1) is 0 Å². The Balaban J connectivity index is 1.99. The lowest BCUT2D eigenvalue weighted by Crippen LogP contribution is -2.37. The van der Waals surface area contributed by atoms with Crippen molar-refractivity contribution >= 4 is 0 Å². The number of nitrogens with zero attached hydrogens (tertiary/aromatic N) is 2. The Bertz CT molecular complexity index is 348. The number of rotatable bonds is 6. The Kier molecular flexibility index (Phi) is 4.57. The highest BCUT2D eigenvalue weighted by Gasteiger charge is 2.17. The first kappa shape index (κ1) is 12.6. The molecule has 2 N–H and O–H groups in total. The third-order valence-corrected chi connectivity index (χ3v) is 3.43. The standard InChI is InChI=1S/C13H23N3O/c1-2-7-14-11(9-17)8-16-10-15-12-5-3-4-6-13(12)16/h10-11,14,17H,2-9H2,1H3. The van der Waals surface area contributed by atoms with E-state index in [0.717, 1.165) is 32.4 Å². The summed E-state index contributed by atoms with van der Waals surface area (Å²) in [6, 6.07) is 0.148. The molecule has 2 rings (SSSR count). The maximum Gasteiger partial charge on any atom is 0.0952 e. The smallest absolute Gasteiger partial charge is 0.0952 e. The largest absolute Gasteiger partial charge is 0.395 e. The Morgan fingerprint density at radius 1 is 1.47 bits per heavy atom. The summed E-state index contributed by atoms with van der Waals surface area (Å²) in [4.78, 5) is 4.48. The van der Waals surface area contributed by atoms with E-state index < -0.39 is 0 Å². The number of hydrogen-bond acceptors (Lipinski definition) is 3. The summed E-state index contributed by atoms with van der Waals surface area (Å²) in [5.74, 6) is 0. The molecule has 0 fully saturated rings. The first-order valence-electron chi connectivity index (χ1n) is 6.72. The van der Waals surface area contributed by atoms with Crippen LogP contribution in [0, 0.1) is 0 Å². The van der Waals surface area contributed by atoms with Crippen molar-refractivity contribution in [3.63, 3.8) is 0 Å². The molecule has 17 heavy (non-hydrogen) atoms. The van der Waals surface area contributed by atoms with E-state index in [-0.39, 0.29) is 12.6 Å². The molecule has 1 aliphatic rings. The molecule has 0 spiro atoms. The molecule has 0 saturated carbocycles. The fraction of sp³-hybridized carbons (Fsp3) is 0.769. The fourth-order valence-corrected chi connectivity index (χ4v) is 2.46. The van der Waals surface area contributed by atoms with Gasteiger partial charge in [0.25, 0.3) is 0 Å². The molecule has 0 amide bonds. The summed E-state index contributed by atoms with van der Waals surface area (Å²) in [6.45, 7) is 4.12. The van der Waals surface area contributed by atoms with Crippen molar-refractivity contribution < 1.29 is 5.11 Å². The van der Waals surface area contributed by atoms with Crippen LogP contribution >= 0.6 is 0 Å². The maximum absolute atomic E-state index is 9.36. The first-order chi connectivity index (χ1) is 8.35. The van der Waals surface area contributed by atoms with E-state index in [1.165, 1.54) is 24.2 Å². The van der Waals surface area contributed by atoms with Crippen molar-refractivity contribution in [2.75, 3.05) is 13.2 Å². The monoisotopic (exact) mass is 237 g/mol. The second-order valence-electron chi connectivity index (χ2n) is 4.83. The Labute approximate surface area is 103 Å². The van der Waals surface area contributed by atoms with Crippen LogP contribution in [0.3, 0.4) is 0 Å². The summed E-state index contributed by atoms with van der Waals surface area (Å²) in [7, 11) is 0. The van der Waals surface area contributed by atoms with Crippen LogP contribution in [0.25, 0.3) is 0 Å². The predicted molar refractivity (Wildman–Crippen MR) is 68.0 cm³/mol. The van der Waals surface area contributed by atoms with Gasteiger partial charge in [-0.1, -0.05) is 6.92 Å². The Morgan fingerprint density at radius 2 is 2.29 bits per heavy atom. The topological polar surface area (TPSA) is 50.1 Å². The molecular weight excluding hydrogens is 214 g/mol. The Hall–Kier alpha value is -0.870. The van der Waals surface area contributed by atoms with Gasteiger partial charge in [0, 0.05) is 18.3 Å². The van der Waals surface area contributed by atoms with Crippen molar-refractivity contribution in [3.8, 4) is 0 Å². The van der Waals surface area contributed by atoms with Crippen LogP contribution in [0.2, 0.25) is 0 Å². The minimum atomic E-state index is 0.148. The number of aryl methyl sites for hydroxylation is 1. The molecule has 1 aromatic heterocycles. The van der Waals surface area contributed by atoms with Crippen LogP contribution < -0.4 is 5.32 Å². The lowest BCUT2D eigenvalue weighted by atomic mass is 10.0. The summed E-state index contributed by atoms with van der Waals surface area (Å²) in [5, 5.41) is 12.7. The van der Waals surface area contributed by atoms with Crippen LogP contribution in [0.1, 0.15) is 37.6 Å². The third kappa shape index (κ3) is 3.07. The van der Waals surface area contributed by atoms with Crippen LogP contribution in [-0.4, -0.2) is 33.9 Å². The van der Waals surface area contributed by atoms with Crippen LogP contribution in [0.15, 0.2) is 6.33 Å². The molecule has 0 saturated heterocycles. The van der Waals surface area contributed by atoms with Gasteiger partial charge in [-0.3, -0.25) is 0 Å². The summed E-state index contributed by atoms with van der Waals surface area (Å²) >= 11 is 0. The second-order valence-corrected chi connectivity index (χ2v) is 4.83. The van der Waals surface area contributed by atoms with Gasteiger partial charge in [-0.25, -0.2) is 4.98 Å². The molecule has 0 radical (unpaired) electrons. The number of hydrogen-bond donors (Lipinski definition) is 2. The number of aliphatic hydroxyl groups is 1. The summed E-state index contributed by atoms with van der Waals surface area (Å²) < 4.78 is 2.22. The minimum Gasteiger partial charge on any atom is -0.395 e. The zero-order valence-electron chi connectivity index (χ0n) is 10.7. The van der Waals surface area contributed by atoms with Gasteiger partial charge < -0.3 is 15.0 Å². The molecule has 4 nitrogen and oxygen atoms in total. The van der Waals surface area contributed by atoms with E-state index in [2.05, 4.69) is 21.8 Å². The minimum absolute atomic E-state index is 0.148. The fourth-order valence-electron chi connectivity index (χ4n) is 2.46. The van der Waals surface area contributed by atoms with Gasteiger partial charge in [0.2, 0.25) is 0 Å². The van der Waals surface area contributed by atoms with Crippen LogP contribution in [-0.2, 0) is 19.4 Å². The molecule has 1 aliphatic carbocycles. The molecule has 96 valence electrons. The van der Waals surface area contributed by atoms with Gasteiger partial charge >= 0.3 is 0 Å². The molecule has 1 heterocycles. The molecule has 1 aromatic rings. The van der Waals surface area contributed by atoms with Crippen molar-refractivity contribution in [1.29, 1.82) is 0 Å². The van der Waals surface area contributed by atoms with Crippen molar-refractivity contribution in [3.05, 3.63) is 17.7 Å². The molecular formula is C13H23N3O. The highest BCUT2D eigenvalue weighted by Crippen LogP contribution is 2.19. The second kappa shape index (κ2) is 6.17. The SMILES string of the molecule is CCCNC(CO)Cn1cnc2c1CCCC2. The van der Waals surface area contributed by atoms with Gasteiger partial charge in [-0.05, 0) is 38.6 Å². The number of nitrogens with one attached hydrogen (secondary N) is 1. The highest BCUT2D eigenvalue weighted by atomic mass is 16.3. The van der Waals surface area contributed by atoms with Crippen LogP contribution in [0.4, 0.5) is 0 Å². The van der Waals surface area contributed by atoms with Crippen molar-refractivity contribution in [2.45, 2.75) is 51.6 Å². The van der Waals surface area contributed by atoms with Crippen LogP contribution in [0.5, 0.6) is 0 Å². The zero-order valence-corrected chi connectivity index (χ0v) is 10.7. The van der Waals surface area contributed by atoms with Gasteiger partial charge in [0.1, 0.15) is 0 Å². The molecule has 0 aromatic carbocycles. The average Bonchev–Trinajstić information content (AvgIpc) is 2.78. The average molecular weight is 237 g/mol. The molecule has 1 unspecified atom stereocenters. The molecule has 4 heteroatoms.